The smallest absolute Gasteiger partial charge is 0.465 e. The van der Waals surface area contributed by atoms with E-state index in [-0.39, 0.29) is 23.6 Å². The van der Waals surface area contributed by atoms with Gasteiger partial charge in [0.2, 0.25) is 0 Å². The first-order valence-electron chi connectivity index (χ1n) is 12.8. The minimum Gasteiger partial charge on any atom is -0.465 e. The lowest BCUT2D eigenvalue weighted by Gasteiger charge is -2.24. The van der Waals surface area contributed by atoms with Crippen LogP contribution in [0.4, 0.5) is 10.2 Å². The van der Waals surface area contributed by atoms with Crippen LogP contribution in [0.2, 0.25) is 0 Å². The molecule has 1 aliphatic heterocycles. The Morgan fingerprint density at radius 1 is 1.32 bits per heavy atom. The maximum absolute atomic E-state index is 15.1. The number of unbranched alkanes of at least 4 members (excludes halogenated alkanes) is 3. The SMILES string of the molecule is CCCCCCOC(=O)[C@H](C)NP(C)(=O)OP(=O)(OC)OC[C@H]1O[C@@H](n2cnc3c(N)nc(C)nc32)[C@H](F)C1O. The normalized spacial score (nSPS) is 25.0. The van der Waals surface area contributed by atoms with Gasteiger partial charge < -0.3 is 20.3 Å². The van der Waals surface area contributed by atoms with Crippen molar-refractivity contribution < 1.29 is 46.3 Å². The number of phosphoric acid groups is 1. The number of carbonyl (C=O) groups is 1. The van der Waals surface area contributed by atoms with Gasteiger partial charge in [0.15, 0.2) is 23.9 Å². The number of nitrogens with one attached hydrogen (secondary N) is 1. The first kappa shape index (κ1) is 32.5. The van der Waals surface area contributed by atoms with E-state index in [4.69, 9.17) is 28.6 Å². The summed E-state index contributed by atoms with van der Waals surface area (Å²) in [6.45, 7) is 5.73. The molecule has 0 bridgehead atoms. The third-order valence-electron chi connectivity index (χ3n) is 6.03. The number of fused-ring (bicyclic) bond motifs is 1. The second-order valence-electron chi connectivity index (χ2n) is 9.41. The molecule has 1 aliphatic rings. The van der Waals surface area contributed by atoms with Crippen molar-refractivity contribution in [2.45, 2.75) is 77.1 Å². The van der Waals surface area contributed by atoms with Gasteiger partial charge in [-0.3, -0.25) is 23.0 Å². The molecule has 1 fully saturated rings. The van der Waals surface area contributed by atoms with Crippen molar-refractivity contribution in [2.75, 3.05) is 32.7 Å². The summed E-state index contributed by atoms with van der Waals surface area (Å²) in [6, 6.07) is -1.05. The molecule has 0 saturated carbocycles. The van der Waals surface area contributed by atoms with E-state index >= 15 is 4.39 Å². The Morgan fingerprint density at radius 2 is 2.05 bits per heavy atom. The molecule has 40 heavy (non-hydrogen) atoms. The van der Waals surface area contributed by atoms with Crippen molar-refractivity contribution in [3.05, 3.63) is 12.2 Å². The van der Waals surface area contributed by atoms with Gasteiger partial charge in [0, 0.05) is 13.8 Å². The van der Waals surface area contributed by atoms with Gasteiger partial charge in [0.1, 0.15) is 29.6 Å². The average Bonchev–Trinajstić information content (AvgIpc) is 3.42. The van der Waals surface area contributed by atoms with Crippen molar-refractivity contribution in [1.29, 1.82) is 0 Å². The zero-order valence-electron chi connectivity index (χ0n) is 23.1. The largest absolute Gasteiger partial charge is 0.481 e. The number of aromatic nitrogens is 4. The molecule has 2 aromatic heterocycles. The highest BCUT2D eigenvalue weighted by molar-refractivity contribution is 7.66. The molecule has 3 rings (SSSR count). The number of rotatable bonds is 15. The quantitative estimate of drug-likeness (QED) is 0.151. The number of aryl methyl sites for hydroxylation is 1. The maximum atomic E-state index is 15.1. The molecule has 3 heterocycles. The molecule has 0 aromatic carbocycles. The Balaban J connectivity index is 1.59. The summed E-state index contributed by atoms with van der Waals surface area (Å²) in [5.74, 6) is -0.238. The van der Waals surface area contributed by atoms with Crippen LogP contribution in [-0.4, -0.2) is 82.0 Å². The lowest BCUT2D eigenvalue weighted by molar-refractivity contribution is -0.145. The average molecular weight is 611 g/mol. The lowest BCUT2D eigenvalue weighted by atomic mass is 10.1. The van der Waals surface area contributed by atoms with E-state index in [1.165, 1.54) is 17.8 Å². The van der Waals surface area contributed by atoms with Crippen LogP contribution >= 0.6 is 15.3 Å². The number of halogens is 1. The number of hydrogen-bond donors (Lipinski definition) is 3. The minimum atomic E-state index is -4.52. The Kier molecular flexibility index (Phi) is 11.2. The molecule has 0 spiro atoms. The van der Waals surface area contributed by atoms with Crippen LogP contribution in [0.5, 0.6) is 0 Å². The number of phosphoric ester groups is 1. The molecule has 4 N–H and O–H groups in total. The van der Waals surface area contributed by atoms with Crippen molar-refractivity contribution in [1.82, 2.24) is 24.6 Å². The number of alkyl halides is 1. The molecule has 2 aromatic rings. The molecular formula is C22H37FN6O9P2. The topological polar surface area (TPSA) is 199 Å². The molecule has 1 saturated heterocycles. The van der Waals surface area contributed by atoms with Crippen LogP contribution in [0.3, 0.4) is 0 Å². The fourth-order valence-electron chi connectivity index (χ4n) is 4.02. The summed E-state index contributed by atoms with van der Waals surface area (Å²) in [7, 11) is -7.48. The number of esters is 1. The van der Waals surface area contributed by atoms with Gasteiger partial charge in [-0.25, -0.2) is 33.3 Å². The zero-order chi connectivity index (χ0) is 29.7. The standard InChI is InChI=1S/C22H37FN6O9P2/c1-6-7-8-9-10-35-22(31)13(2)28-39(5,32)38-40(33,34-4)36-11-15-18(30)16(23)21(37-15)29-12-25-17-19(24)26-14(3)27-20(17)29/h12-13,15-16,18,21,30H,6-11H2,1-5H3,(H,28,32)(H2,24,26,27)/t13-,15+,16+,18?,21+,39?,40?/m0/s1. The van der Waals surface area contributed by atoms with Crippen LogP contribution in [0, 0.1) is 6.92 Å². The van der Waals surface area contributed by atoms with E-state index in [1.807, 2.05) is 0 Å². The van der Waals surface area contributed by atoms with E-state index in [1.54, 1.807) is 6.92 Å². The van der Waals surface area contributed by atoms with Crippen molar-refractivity contribution >= 4 is 38.3 Å². The van der Waals surface area contributed by atoms with E-state index in [9.17, 15) is 19.0 Å². The van der Waals surface area contributed by atoms with E-state index in [0.717, 1.165) is 33.0 Å². The molecule has 3 unspecified atom stereocenters. The number of aliphatic hydroxyl groups is 1. The summed E-state index contributed by atoms with van der Waals surface area (Å²) >= 11 is 0. The maximum Gasteiger partial charge on any atom is 0.481 e. The number of nitrogens with two attached hydrogens (primary N) is 1. The summed E-state index contributed by atoms with van der Waals surface area (Å²) in [5.41, 5.74) is 6.29. The number of nitrogens with zero attached hydrogens (tertiary/aromatic N) is 4. The molecule has 226 valence electrons. The number of ether oxygens (including phenoxy) is 2. The van der Waals surface area contributed by atoms with E-state index in [2.05, 4.69) is 27.0 Å². The van der Waals surface area contributed by atoms with Gasteiger partial charge >= 0.3 is 13.8 Å². The molecule has 15 nitrogen and oxygen atoms in total. The molecule has 0 radical (unpaired) electrons. The summed E-state index contributed by atoms with van der Waals surface area (Å²) < 4.78 is 68.3. The number of anilines is 1. The van der Waals surface area contributed by atoms with Gasteiger partial charge in [0.25, 0.3) is 7.52 Å². The second-order valence-corrected chi connectivity index (χ2v) is 13.5. The number of hydrogen-bond acceptors (Lipinski definition) is 13. The van der Waals surface area contributed by atoms with E-state index in [0.29, 0.717) is 12.2 Å². The minimum absolute atomic E-state index is 0.0976. The van der Waals surface area contributed by atoms with Gasteiger partial charge in [-0.15, -0.1) is 0 Å². The van der Waals surface area contributed by atoms with Crippen molar-refractivity contribution in [2.24, 2.45) is 0 Å². The second kappa shape index (κ2) is 13.8. The predicted octanol–water partition coefficient (Wildman–Crippen LogP) is 3.03. The van der Waals surface area contributed by atoms with Crippen LogP contribution in [-0.2, 0) is 36.8 Å². The monoisotopic (exact) mass is 610 g/mol. The predicted molar refractivity (Wildman–Crippen MR) is 142 cm³/mol. The highest BCUT2D eigenvalue weighted by atomic mass is 31.3. The third-order valence-corrected chi connectivity index (χ3v) is 9.84. The highest BCUT2D eigenvalue weighted by Gasteiger charge is 2.47. The fraction of sp³-hybridized carbons (Fsp3) is 0.727. The van der Waals surface area contributed by atoms with E-state index < -0.39 is 58.6 Å². The molecular weight excluding hydrogens is 573 g/mol. The van der Waals surface area contributed by atoms with Gasteiger partial charge in [-0.1, -0.05) is 26.2 Å². The number of nitrogen functional groups attached to an aromatic ring is 1. The highest BCUT2D eigenvalue weighted by Crippen LogP contribution is 2.61. The summed E-state index contributed by atoms with van der Waals surface area (Å²) in [6.07, 6.45) is -1.40. The first-order chi connectivity index (χ1) is 18.8. The number of aliphatic hydroxyl groups excluding tert-OH is 1. The Labute approximate surface area is 231 Å². The Hall–Kier alpha value is -2.03. The van der Waals surface area contributed by atoms with Crippen LogP contribution in [0.15, 0.2) is 6.33 Å². The number of imidazole rings is 1. The third kappa shape index (κ3) is 8.04. The van der Waals surface area contributed by atoms with Gasteiger partial charge in [0.05, 0.1) is 19.5 Å². The zero-order valence-corrected chi connectivity index (χ0v) is 24.8. The Bertz CT molecular complexity index is 1270. The first-order valence-corrected chi connectivity index (χ1v) is 16.3. The van der Waals surface area contributed by atoms with Crippen LogP contribution in [0.1, 0.15) is 51.6 Å². The fourth-order valence-corrected chi connectivity index (χ4v) is 7.44. The van der Waals surface area contributed by atoms with Gasteiger partial charge in [-0.2, -0.15) is 0 Å². The molecule has 0 aliphatic carbocycles. The number of carbonyl (C=O) groups excluding carboxylic acids is 1. The van der Waals surface area contributed by atoms with Crippen molar-refractivity contribution in [3.63, 3.8) is 0 Å². The van der Waals surface area contributed by atoms with Gasteiger partial charge in [-0.05, 0) is 20.3 Å². The summed E-state index contributed by atoms with van der Waals surface area (Å²) in [5, 5.41) is 12.9. The van der Waals surface area contributed by atoms with Crippen LogP contribution < -0.4 is 10.8 Å². The molecule has 0 amide bonds. The molecule has 7 atom stereocenters. The van der Waals surface area contributed by atoms with Crippen molar-refractivity contribution in [3.8, 4) is 0 Å². The van der Waals surface area contributed by atoms with Crippen LogP contribution in [0.25, 0.3) is 11.2 Å². The molecule has 18 heteroatoms. The summed E-state index contributed by atoms with van der Waals surface area (Å²) in [4.78, 5) is 24.5. The lowest BCUT2D eigenvalue weighted by Crippen LogP contribution is -2.34. The Morgan fingerprint density at radius 3 is 2.73 bits per heavy atom.